The van der Waals surface area contributed by atoms with Gasteiger partial charge in [-0.3, -0.25) is 4.79 Å². The number of amides is 1. The van der Waals surface area contributed by atoms with Crippen LogP contribution >= 0.6 is 0 Å². The van der Waals surface area contributed by atoms with Crippen molar-refractivity contribution in [2.24, 2.45) is 0 Å². The molecule has 1 unspecified atom stereocenters. The minimum absolute atomic E-state index is 0.254. The van der Waals surface area contributed by atoms with E-state index in [1.165, 1.54) is 6.42 Å². The van der Waals surface area contributed by atoms with Gasteiger partial charge in [-0.2, -0.15) is 0 Å². The van der Waals surface area contributed by atoms with E-state index in [4.69, 9.17) is 4.74 Å². The average molecular weight is 275 g/mol. The Labute approximate surface area is 121 Å². The summed E-state index contributed by atoms with van der Waals surface area (Å²) in [6.07, 6.45) is 5.08. The van der Waals surface area contributed by atoms with Crippen LogP contribution in [-0.2, 0) is 11.2 Å². The highest BCUT2D eigenvalue weighted by atomic mass is 16.5. The third-order valence-electron chi connectivity index (χ3n) is 4.12. The lowest BCUT2D eigenvalue weighted by Crippen LogP contribution is -2.44. The van der Waals surface area contributed by atoms with Crippen molar-refractivity contribution in [1.82, 2.24) is 4.90 Å². The zero-order valence-electron chi connectivity index (χ0n) is 12.8. The van der Waals surface area contributed by atoms with Crippen molar-refractivity contribution in [3.8, 4) is 5.75 Å². The Balaban J connectivity index is 2.08. The molecule has 3 nitrogen and oxygen atoms in total. The van der Waals surface area contributed by atoms with Crippen molar-refractivity contribution in [3.63, 3.8) is 0 Å². The van der Waals surface area contributed by atoms with Gasteiger partial charge in [0, 0.05) is 12.6 Å². The predicted octanol–water partition coefficient (Wildman–Crippen LogP) is 3.34. The molecule has 1 fully saturated rings. The Morgan fingerprint density at radius 3 is 2.85 bits per heavy atom. The summed E-state index contributed by atoms with van der Waals surface area (Å²) in [5.41, 5.74) is 2.19. The number of aryl methyl sites for hydroxylation is 1. The fourth-order valence-electron chi connectivity index (χ4n) is 3.07. The summed E-state index contributed by atoms with van der Waals surface area (Å²) in [6, 6.07) is 6.47. The van der Waals surface area contributed by atoms with Gasteiger partial charge in [0.1, 0.15) is 5.75 Å². The van der Waals surface area contributed by atoms with Gasteiger partial charge in [-0.1, -0.05) is 13.0 Å². The second kappa shape index (κ2) is 6.78. The average Bonchev–Trinajstić information content (AvgIpc) is 2.46. The van der Waals surface area contributed by atoms with E-state index in [1.54, 1.807) is 7.11 Å². The summed E-state index contributed by atoms with van der Waals surface area (Å²) in [5, 5.41) is 0. The van der Waals surface area contributed by atoms with Gasteiger partial charge in [-0.05, 0) is 55.9 Å². The number of benzene rings is 1. The number of hydrogen-bond acceptors (Lipinski definition) is 2. The molecule has 0 N–H and O–H groups in total. The third-order valence-corrected chi connectivity index (χ3v) is 4.12. The van der Waals surface area contributed by atoms with E-state index in [0.717, 1.165) is 42.7 Å². The van der Waals surface area contributed by atoms with Crippen molar-refractivity contribution >= 4 is 5.91 Å². The molecule has 1 saturated heterocycles. The maximum Gasteiger partial charge on any atom is 0.227 e. The number of methoxy groups -OCH3 is 1. The van der Waals surface area contributed by atoms with E-state index in [9.17, 15) is 4.79 Å². The maximum atomic E-state index is 12.5. The van der Waals surface area contributed by atoms with Crippen LogP contribution in [0, 0.1) is 6.92 Å². The second-order valence-electron chi connectivity index (χ2n) is 5.68. The molecule has 2 rings (SSSR count). The van der Waals surface area contributed by atoms with Gasteiger partial charge in [-0.25, -0.2) is 0 Å². The monoisotopic (exact) mass is 275 g/mol. The first-order valence-corrected chi connectivity index (χ1v) is 7.58. The van der Waals surface area contributed by atoms with Gasteiger partial charge in [-0.15, -0.1) is 0 Å². The van der Waals surface area contributed by atoms with Gasteiger partial charge in [0.15, 0.2) is 0 Å². The van der Waals surface area contributed by atoms with E-state index in [1.807, 2.05) is 19.1 Å². The molecule has 1 amide bonds. The molecule has 0 radical (unpaired) electrons. The molecule has 0 aliphatic carbocycles. The van der Waals surface area contributed by atoms with Gasteiger partial charge in [0.05, 0.1) is 13.5 Å². The summed E-state index contributed by atoms with van der Waals surface area (Å²) in [7, 11) is 1.66. The molecule has 0 saturated carbocycles. The fourth-order valence-corrected chi connectivity index (χ4v) is 3.07. The van der Waals surface area contributed by atoms with Crippen molar-refractivity contribution < 1.29 is 9.53 Å². The molecule has 1 aromatic rings. The maximum absolute atomic E-state index is 12.5. The van der Waals surface area contributed by atoms with Crippen LogP contribution in [0.25, 0.3) is 0 Å². The molecule has 110 valence electrons. The van der Waals surface area contributed by atoms with Crippen LogP contribution in [0.4, 0.5) is 0 Å². The summed E-state index contributed by atoms with van der Waals surface area (Å²) in [5.74, 6) is 1.09. The SMILES string of the molecule is CCC1CCCCN1C(=O)Cc1cc(C)cc(OC)c1. The van der Waals surface area contributed by atoms with Crippen LogP contribution in [0.1, 0.15) is 43.7 Å². The quantitative estimate of drug-likeness (QED) is 0.843. The highest BCUT2D eigenvalue weighted by Crippen LogP contribution is 2.22. The molecule has 1 aromatic carbocycles. The highest BCUT2D eigenvalue weighted by molar-refractivity contribution is 5.79. The molecule has 3 heteroatoms. The van der Waals surface area contributed by atoms with Gasteiger partial charge < -0.3 is 9.64 Å². The number of piperidine rings is 1. The summed E-state index contributed by atoms with van der Waals surface area (Å²) in [6.45, 7) is 5.12. The number of ether oxygens (including phenoxy) is 1. The molecular formula is C17H25NO2. The topological polar surface area (TPSA) is 29.5 Å². The molecular weight excluding hydrogens is 250 g/mol. The van der Waals surface area contributed by atoms with Crippen LogP contribution in [0.5, 0.6) is 5.75 Å². The number of hydrogen-bond donors (Lipinski definition) is 0. The zero-order valence-corrected chi connectivity index (χ0v) is 12.8. The third kappa shape index (κ3) is 3.53. The first kappa shape index (κ1) is 14.9. The van der Waals surface area contributed by atoms with Crippen LogP contribution in [0.2, 0.25) is 0 Å². The molecule has 1 heterocycles. The van der Waals surface area contributed by atoms with Gasteiger partial charge in [0.2, 0.25) is 5.91 Å². The van der Waals surface area contributed by atoms with Crippen LogP contribution in [0.3, 0.4) is 0 Å². The Kier molecular flexibility index (Phi) is 5.05. The Bertz CT molecular complexity index is 470. The zero-order chi connectivity index (χ0) is 14.5. The minimum Gasteiger partial charge on any atom is -0.497 e. The second-order valence-corrected chi connectivity index (χ2v) is 5.68. The van der Waals surface area contributed by atoms with Crippen molar-refractivity contribution in [1.29, 1.82) is 0 Å². The summed E-state index contributed by atoms with van der Waals surface area (Å²) in [4.78, 5) is 14.6. The van der Waals surface area contributed by atoms with E-state index in [2.05, 4.69) is 17.9 Å². The van der Waals surface area contributed by atoms with Crippen molar-refractivity contribution in [2.75, 3.05) is 13.7 Å². The predicted molar refractivity (Wildman–Crippen MR) is 81.1 cm³/mol. The molecule has 1 atom stereocenters. The van der Waals surface area contributed by atoms with Gasteiger partial charge >= 0.3 is 0 Å². The number of likely N-dealkylation sites (tertiary alicyclic amines) is 1. The lowest BCUT2D eigenvalue weighted by molar-refractivity contribution is -0.134. The molecule has 20 heavy (non-hydrogen) atoms. The first-order valence-electron chi connectivity index (χ1n) is 7.58. The minimum atomic E-state index is 0.254. The van der Waals surface area contributed by atoms with Gasteiger partial charge in [0.25, 0.3) is 0 Å². The molecule has 0 bridgehead atoms. The Hall–Kier alpha value is -1.51. The van der Waals surface area contributed by atoms with Crippen LogP contribution < -0.4 is 4.74 Å². The molecule has 1 aliphatic rings. The highest BCUT2D eigenvalue weighted by Gasteiger charge is 2.25. The van der Waals surface area contributed by atoms with E-state index < -0.39 is 0 Å². The van der Waals surface area contributed by atoms with E-state index in [-0.39, 0.29) is 5.91 Å². The Morgan fingerprint density at radius 2 is 2.15 bits per heavy atom. The number of rotatable bonds is 4. The molecule has 0 spiro atoms. The number of nitrogens with zero attached hydrogens (tertiary/aromatic N) is 1. The Morgan fingerprint density at radius 1 is 1.35 bits per heavy atom. The number of carbonyl (C=O) groups excluding carboxylic acids is 1. The lowest BCUT2D eigenvalue weighted by atomic mass is 9.98. The molecule has 0 aromatic heterocycles. The summed E-state index contributed by atoms with van der Waals surface area (Å²) >= 11 is 0. The first-order chi connectivity index (χ1) is 9.63. The molecule has 1 aliphatic heterocycles. The smallest absolute Gasteiger partial charge is 0.227 e. The van der Waals surface area contributed by atoms with Crippen molar-refractivity contribution in [2.45, 2.75) is 52.0 Å². The normalized spacial score (nSPS) is 18.9. The van der Waals surface area contributed by atoms with Crippen molar-refractivity contribution in [3.05, 3.63) is 29.3 Å². The van der Waals surface area contributed by atoms with E-state index >= 15 is 0 Å². The standard InChI is InChI=1S/C17H25NO2/c1-4-15-7-5-6-8-18(15)17(19)12-14-9-13(2)10-16(11-14)20-3/h9-11,15H,4-8,12H2,1-3H3. The van der Waals surface area contributed by atoms with Crippen LogP contribution in [0.15, 0.2) is 18.2 Å². The van der Waals surface area contributed by atoms with Crippen LogP contribution in [-0.4, -0.2) is 30.5 Å². The largest absolute Gasteiger partial charge is 0.497 e. The lowest BCUT2D eigenvalue weighted by Gasteiger charge is -2.35. The number of carbonyl (C=O) groups is 1. The van der Waals surface area contributed by atoms with E-state index in [0.29, 0.717) is 12.5 Å². The summed E-state index contributed by atoms with van der Waals surface area (Å²) < 4.78 is 5.28. The fraction of sp³-hybridized carbons (Fsp3) is 0.588.